The fourth-order valence-electron chi connectivity index (χ4n) is 2.93. The summed E-state index contributed by atoms with van der Waals surface area (Å²) in [6.07, 6.45) is 3.49. The summed E-state index contributed by atoms with van der Waals surface area (Å²) in [7, 11) is 0. The van der Waals surface area contributed by atoms with E-state index in [1.165, 1.54) is 12.8 Å². The van der Waals surface area contributed by atoms with Crippen molar-refractivity contribution < 1.29 is 9.90 Å². The zero-order chi connectivity index (χ0) is 16.8. The number of carbonyl (C=O) groups excluding carboxylic acids is 1. The minimum Gasteiger partial charge on any atom is -0.388 e. The van der Waals surface area contributed by atoms with Crippen LogP contribution < -0.4 is 10.2 Å². The van der Waals surface area contributed by atoms with Crippen LogP contribution in [0.25, 0.3) is 0 Å². The lowest BCUT2D eigenvalue weighted by molar-refractivity contribution is -0.123. The molecule has 1 aliphatic heterocycles. The Kier molecular flexibility index (Phi) is 5.43. The zero-order valence-corrected chi connectivity index (χ0v) is 13.7. The Morgan fingerprint density at radius 1 is 1.21 bits per heavy atom. The van der Waals surface area contributed by atoms with Crippen LogP contribution in [0.15, 0.2) is 48.7 Å². The molecule has 1 unspecified atom stereocenters. The first-order chi connectivity index (χ1) is 11.7. The molecule has 0 spiro atoms. The Balaban J connectivity index is 1.52. The fraction of sp³-hybridized carbons (Fsp3) is 0.368. The van der Waals surface area contributed by atoms with Gasteiger partial charge in [0.2, 0.25) is 5.91 Å². The number of aliphatic hydroxyl groups is 1. The van der Waals surface area contributed by atoms with E-state index in [2.05, 4.69) is 15.2 Å². The first-order valence-electron chi connectivity index (χ1n) is 8.42. The van der Waals surface area contributed by atoms with Gasteiger partial charge in [0.25, 0.3) is 0 Å². The molecule has 3 rings (SSSR count). The van der Waals surface area contributed by atoms with Crippen molar-refractivity contribution in [3.63, 3.8) is 0 Å². The Hall–Kier alpha value is -2.40. The molecule has 24 heavy (non-hydrogen) atoms. The van der Waals surface area contributed by atoms with Crippen LogP contribution in [-0.2, 0) is 11.3 Å². The highest BCUT2D eigenvalue weighted by atomic mass is 16.3. The number of pyridine rings is 1. The summed E-state index contributed by atoms with van der Waals surface area (Å²) >= 11 is 0. The smallest absolute Gasteiger partial charge is 0.223 e. The quantitative estimate of drug-likeness (QED) is 0.856. The highest BCUT2D eigenvalue weighted by Gasteiger charge is 2.15. The summed E-state index contributed by atoms with van der Waals surface area (Å²) in [4.78, 5) is 18.7. The molecule has 2 aromatic rings. The van der Waals surface area contributed by atoms with Gasteiger partial charge in [-0.15, -0.1) is 0 Å². The van der Waals surface area contributed by atoms with E-state index in [-0.39, 0.29) is 12.3 Å². The van der Waals surface area contributed by atoms with Gasteiger partial charge in [-0.05, 0) is 36.1 Å². The predicted molar refractivity (Wildman–Crippen MR) is 93.5 cm³/mol. The van der Waals surface area contributed by atoms with Crippen molar-refractivity contribution in [1.82, 2.24) is 10.3 Å². The van der Waals surface area contributed by atoms with E-state index >= 15 is 0 Å². The molecule has 0 radical (unpaired) electrons. The van der Waals surface area contributed by atoms with E-state index in [0.717, 1.165) is 30.0 Å². The van der Waals surface area contributed by atoms with Gasteiger partial charge in [0.05, 0.1) is 12.5 Å². The van der Waals surface area contributed by atoms with Gasteiger partial charge in [-0.3, -0.25) is 4.79 Å². The Morgan fingerprint density at radius 3 is 2.71 bits per heavy atom. The van der Waals surface area contributed by atoms with Crippen LogP contribution in [0.2, 0.25) is 0 Å². The summed E-state index contributed by atoms with van der Waals surface area (Å²) < 4.78 is 0. The maximum absolute atomic E-state index is 12.0. The maximum Gasteiger partial charge on any atom is 0.223 e. The number of amides is 1. The van der Waals surface area contributed by atoms with Crippen molar-refractivity contribution in [2.75, 3.05) is 18.0 Å². The number of benzene rings is 1. The van der Waals surface area contributed by atoms with E-state index in [0.29, 0.717) is 6.54 Å². The Labute approximate surface area is 142 Å². The van der Waals surface area contributed by atoms with E-state index in [4.69, 9.17) is 0 Å². The number of hydrogen-bond acceptors (Lipinski definition) is 4. The van der Waals surface area contributed by atoms with Gasteiger partial charge in [-0.1, -0.05) is 30.3 Å². The molecule has 1 aliphatic rings. The number of nitrogens with zero attached hydrogens (tertiary/aromatic N) is 2. The molecule has 2 heterocycles. The number of aromatic nitrogens is 1. The van der Waals surface area contributed by atoms with E-state index in [9.17, 15) is 9.90 Å². The summed E-state index contributed by atoms with van der Waals surface area (Å²) in [6.45, 7) is 2.54. The normalized spacial score (nSPS) is 15.3. The van der Waals surface area contributed by atoms with Gasteiger partial charge in [0.15, 0.2) is 0 Å². The first-order valence-corrected chi connectivity index (χ1v) is 8.42. The fourth-order valence-corrected chi connectivity index (χ4v) is 2.93. The van der Waals surface area contributed by atoms with Gasteiger partial charge in [-0.2, -0.15) is 0 Å². The standard InChI is InChI=1S/C19H23N3O2/c23-17(16-6-2-1-3-7-16)13-19(24)21-14-15-8-9-20-18(12-15)22-10-4-5-11-22/h1-3,6-9,12,17,23H,4-5,10-11,13-14H2,(H,21,24). The minimum absolute atomic E-state index is 0.0636. The molecule has 0 aliphatic carbocycles. The van der Waals surface area contributed by atoms with Crippen LogP contribution in [-0.4, -0.2) is 29.1 Å². The molecule has 1 amide bonds. The van der Waals surface area contributed by atoms with Crippen LogP contribution in [0.5, 0.6) is 0 Å². The number of nitrogens with one attached hydrogen (secondary N) is 1. The molecule has 1 aromatic carbocycles. The lowest BCUT2D eigenvalue weighted by Crippen LogP contribution is -2.25. The van der Waals surface area contributed by atoms with E-state index in [1.807, 2.05) is 42.5 Å². The van der Waals surface area contributed by atoms with Crippen molar-refractivity contribution in [2.45, 2.75) is 31.9 Å². The average Bonchev–Trinajstić information content (AvgIpc) is 3.16. The zero-order valence-electron chi connectivity index (χ0n) is 13.7. The van der Waals surface area contributed by atoms with Gasteiger partial charge in [0, 0.05) is 25.8 Å². The lowest BCUT2D eigenvalue weighted by Gasteiger charge is -2.17. The van der Waals surface area contributed by atoms with Crippen molar-refractivity contribution in [3.05, 3.63) is 59.8 Å². The molecule has 1 aromatic heterocycles. The van der Waals surface area contributed by atoms with Gasteiger partial charge in [0.1, 0.15) is 5.82 Å². The third kappa shape index (κ3) is 4.32. The first kappa shape index (κ1) is 16.5. The molecular formula is C19H23N3O2. The highest BCUT2D eigenvalue weighted by molar-refractivity contribution is 5.76. The van der Waals surface area contributed by atoms with E-state index in [1.54, 1.807) is 6.20 Å². The van der Waals surface area contributed by atoms with Crippen molar-refractivity contribution >= 4 is 11.7 Å². The van der Waals surface area contributed by atoms with E-state index < -0.39 is 6.10 Å². The largest absolute Gasteiger partial charge is 0.388 e. The molecule has 2 N–H and O–H groups in total. The number of anilines is 1. The molecule has 5 heteroatoms. The van der Waals surface area contributed by atoms with Crippen molar-refractivity contribution in [2.24, 2.45) is 0 Å². The van der Waals surface area contributed by atoms with Gasteiger partial charge >= 0.3 is 0 Å². The van der Waals surface area contributed by atoms with Crippen molar-refractivity contribution in [3.8, 4) is 0 Å². The Morgan fingerprint density at radius 2 is 1.96 bits per heavy atom. The number of rotatable bonds is 6. The number of carbonyl (C=O) groups is 1. The van der Waals surface area contributed by atoms with Gasteiger partial charge in [-0.25, -0.2) is 4.98 Å². The Bertz CT molecular complexity index is 669. The molecule has 0 saturated carbocycles. The molecule has 1 saturated heterocycles. The molecule has 1 atom stereocenters. The maximum atomic E-state index is 12.0. The number of aliphatic hydroxyl groups excluding tert-OH is 1. The third-order valence-corrected chi connectivity index (χ3v) is 4.29. The van der Waals surface area contributed by atoms with Crippen LogP contribution >= 0.6 is 0 Å². The monoisotopic (exact) mass is 325 g/mol. The third-order valence-electron chi connectivity index (χ3n) is 4.29. The van der Waals surface area contributed by atoms with Crippen LogP contribution in [0.4, 0.5) is 5.82 Å². The van der Waals surface area contributed by atoms with Crippen LogP contribution in [0.3, 0.4) is 0 Å². The molecule has 126 valence electrons. The summed E-state index contributed by atoms with van der Waals surface area (Å²) in [5, 5.41) is 13.0. The second-order valence-electron chi connectivity index (χ2n) is 6.12. The highest BCUT2D eigenvalue weighted by Crippen LogP contribution is 2.19. The summed E-state index contributed by atoms with van der Waals surface area (Å²) in [5.41, 5.74) is 1.78. The number of hydrogen-bond donors (Lipinski definition) is 2. The van der Waals surface area contributed by atoms with Crippen LogP contribution in [0.1, 0.15) is 36.5 Å². The SMILES string of the molecule is O=C(CC(O)c1ccccc1)NCc1ccnc(N2CCCC2)c1. The molecule has 5 nitrogen and oxygen atoms in total. The molecule has 1 fully saturated rings. The summed E-state index contributed by atoms with van der Waals surface area (Å²) in [5.74, 6) is 0.814. The second-order valence-corrected chi connectivity index (χ2v) is 6.12. The second kappa shape index (κ2) is 7.93. The average molecular weight is 325 g/mol. The van der Waals surface area contributed by atoms with Gasteiger partial charge < -0.3 is 15.3 Å². The lowest BCUT2D eigenvalue weighted by atomic mass is 10.1. The van der Waals surface area contributed by atoms with Crippen molar-refractivity contribution in [1.29, 1.82) is 0 Å². The topological polar surface area (TPSA) is 65.5 Å². The van der Waals surface area contributed by atoms with Crippen LogP contribution in [0, 0.1) is 0 Å². The minimum atomic E-state index is -0.774. The molecule has 0 bridgehead atoms. The molecular weight excluding hydrogens is 302 g/mol. The summed E-state index contributed by atoms with van der Waals surface area (Å²) in [6, 6.07) is 13.2. The predicted octanol–water partition coefficient (Wildman–Crippen LogP) is 2.42.